The molecule has 2 N–H and O–H groups in total. The molecule has 0 radical (unpaired) electrons. The quantitative estimate of drug-likeness (QED) is 0.696. The van der Waals surface area contributed by atoms with E-state index < -0.39 is 0 Å². The number of rotatable bonds is 5. The van der Waals surface area contributed by atoms with E-state index in [1.54, 1.807) is 23.2 Å². The number of aliphatic hydroxyl groups excluding tert-OH is 1. The van der Waals surface area contributed by atoms with Gasteiger partial charge < -0.3 is 10.1 Å². The fourth-order valence-electron chi connectivity index (χ4n) is 2.33. The monoisotopic (exact) mass is 284 g/mol. The van der Waals surface area contributed by atoms with Crippen molar-refractivity contribution >= 4 is 11.2 Å². The molecule has 0 saturated carbocycles. The van der Waals surface area contributed by atoms with Gasteiger partial charge in [0.05, 0.1) is 5.52 Å². The molecule has 0 unspecified atom stereocenters. The first-order chi connectivity index (χ1) is 10.3. The Morgan fingerprint density at radius 3 is 2.76 bits per heavy atom. The van der Waals surface area contributed by atoms with Gasteiger partial charge in [0.15, 0.2) is 5.65 Å². The zero-order valence-corrected chi connectivity index (χ0v) is 11.5. The lowest BCUT2D eigenvalue weighted by Crippen LogP contribution is -2.17. The number of hydrogen-bond acceptors (Lipinski definition) is 4. The highest BCUT2D eigenvalue weighted by Crippen LogP contribution is 2.20. The molecule has 0 bridgehead atoms. The van der Waals surface area contributed by atoms with Crippen LogP contribution < -0.4 is 5.69 Å². The van der Waals surface area contributed by atoms with E-state index >= 15 is 0 Å². The summed E-state index contributed by atoms with van der Waals surface area (Å²) in [7, 11) is 0. The van der Waals surface area contributed by atoms with Gasteiger partial charge in [0.1, 0.15) is 0 Å². The van der Waals surface area contributed by atoms with Gasteiger partial charge in [-0.05, 0) is 36.6 Å². The average molecular weight is 284 g/mol. The lowest BCUT2D eigenvalue weighted by atomic mass is 10.1. The van der Waals surface area contributed by atoms with Crippen molar-refractivity contribution in [1.29, 1.82) is 0 Å². The van der Waals surface area contributed by atoms with Crippen LogP contribution in [0.5, 0.6) is 0 Å². The number of nitrogens with zero attached hydrogens (tertiary/aromatic N) is 3. The molecular weight excluding hydrogens is 268 g/mol. The van der Waals surface area contributed by atoms with E-state index in [0.29, 0.717) is 18.6 Å². The molecule has 21 heavy (non-hydrogen) atoms. The zero-order valence-electron chi connectivity index (χ0n) is 11.5. The number of aryl methyl sites for hydroxylation is 1. The van der Waals surface area contributed by atoms with E-state index in [9.17, 15) is 4.79 Å². The van der Waals surface area contributed by atoms with Gasteiger partial charge in [-0.3, -0.25) is 9.55 Å². The van der Waals surface area contributed by atoms with Crippen molar-refractivity contribution in [3.05, 3.63) is 47.3 Å². The lowest BCUT2D eigenvalue weighted by molar-refractivity contribution is 0.281. The van der Waals surface area contributed by atoms with Crippen molar-refractivity contribution < 1.29 is 5.11 Å². The van der Waals surface area contributed by atoms with Crippen LogP contribution in [0, 0.1) is 0 Å². The standard InChI is InChI=1S/C15H16N4O2/c20-8-2-1-7-19-14-13(18-15(19)21)9-12(10-17-14)11-3-5-16-6-4-11/h3-6,9-10,20H,1-2,7-8H2,(H,18,21). The maximum atomic E-state index is 12.0. The van der Waals surface area contributed by atoms with Gasteiger partial charge in [-0.1, -0.05) is 0 Å². The Morgan fingerprint density at radius 1 is 1.19 bits per heavy atom. The summed E-state index contributed by atoms with van der Waals surface area (Å²) in [4.78, 5) is 23.2. The number of imidazole rings is 1. The van der Waals surface area contributed by atoms with Crippen LogP contribution in [0.25, 0.3) is 22.3 Å². The van der Waals surface area contributed by atoms with E-state index in [2.05, 4.69) is 15.0 Å². The third-order valence-corrected chi connectivity index (χ3v) is 3.41. The van der Waals surface area contributed by atoms with Crippen molar-refractivity contribution in [1.82, 2.24) is 19.5 Å². The van der Waals surface area contributed by atoms with E-state index in [4.69, 9.17) is 5.11 Å². The number of hydrogen-bond donors (Lipinski definition) is 2. The van der Waals surface area contributed by atoms with Gasteiger partial charge in [0.2, 0.25) is 0 Å². The van der Waals surface area contributed by atoms with Gasteiger partial charge in [0, 0.05) is 37.3 Å². The Balaban J connectivity index is 1.99. The molecule has 0 atom stereocenters. The summed E-state index contributed by atoms with van der Waals surface area (Å²) in [5, 5.41) is 8.82. The second-order valence-corrected chi connectivity index (χ2v) is 4.84. The molecule has 0 saturated heterocycles. The van der Waals surface area contributed by atoms with Crippen molar-refractivity contribution in [2.75, 3.05) is 6.61 Å². The summed E-state index contributed by atoms with van der Waals surface area (Å²) >= 11 is 0. The number of aliphatic hydroxyl groups is 1. The highest BCUT2D eigenvalue weighted by Gasteiger charge is 2.09. The minimum absolute atomic E-state index is 0.136. The molecule has 0 aliphatic carbocycles. The fraction of sp³-hybridized carbons (Fsp3) is 0.267. The number of aromatic nitrogens is 4. The van der Waals surface area contributed by atoms with Crippen LogP contribution in [0.3, 0.4) is 0 Å². The van der Waals surface area contributed by atoms with Crippen molar-refractivity contribution in [2.24, 2.45) is 0 Å². The fourth-order valence-corrected chi connectivity index (χ4v) is 2.33. The number of nitrogens with one attached hydrogen (secondary N) is 1. The second-order valence-electron chi connectivity index (χ2n) is 4.84. The number of aromatic amines is 1. The molecule has 108 valence electrons. The van der Waals surface area contributed by atoms with Gasteiger partial charge in [-0.25, -0.2) is 9.78 Å². The van der Waals surface area contributed by atoms with E-state index in [0.717, 1.165) is 23.1 Å². The third kappa shape index (κ3) is 2.71. The predicted molar refractivity (Wildman–Crippen MR) is 79.9 cm³/mol. The maximum Gasteiger partial charge on any atom is 0.327 e. The molecule has 0 aliphatic rings. The summed E-state index contributed by atoms with van der Waals surface area (Å²) in [6.07, 6.45) is 6.63. The molecule has 6 heteroatoms. The molecule has 3 rings (SSSR count). The van der Waals surface area contributed by atoms with Crippen molar-refractivity contribution in [3.63, 3.8) is 0 Å². The van der Waals surface area contributed by atoms with Gasteiger partial charge in [-0.15, -0.1) is 0 Å². The Kier molecular flexibility index (Phi) is 3.79. The molecule has 0 fully saturated rings. The van der Waals surface area contributed by atoms with Crippen LogP contribution in [-0.2, 0) is 6.54 Å². The van der Waals surface area contributed by atoms with E-state index in [1.165, 1.54) is 0 Å². The highest BCUT2D eigenvalue weighted by molar-refractivity contribution is 5.77. The van der Waals surface area contributed by atoms with Crippen molar-refractivity contribution in [3.8, 4) is 11.1 Å². The smallest absolute Gasteiger partial charge is 0.327 e. The van der Waals surface area contributed by atoms with Crippen LogP contribution in [0.4, 0.5) is 0 Å². The predicted octanol–water partition coefficient (Wildman–Crippen LogP) is 1.56. The molecule has 3 aromatic heterocycles. The largest absolute Gasteiger partial charge is 0.396 e. The van der Waals surface area contributed by atoms with E-state index in [-0.39, 0.29) is 12.3 Å². The number of H-pyrrole nitrogens is 1. The Labute approximate surface area is 121 Å². The molecular formula is C15H16N4O2. The molecule has 0 spiro atoms. The Morgan fingerprint density at radius 2 is 2.00 bits per heavy atom. The van der Waals surface area contributed by atoms with Gasteiger partial charge >= 0.3 is 5.69 Å². The zero-order chi connectivity index (χ0) is 14.7. The van der Waals surface area contributed by atoms with Gasteiger partial charge in [-0.2, -0.15) is 0 Å². The van der Waals surface area contributed by atoms with Gasteiger partial charge in [0.25, 0.3) is 0 Å². The third-order valence-electron chi connectivity index (χ3n) is 3.41. The number of fused-ring (bicyclic) bond motifs is 1. The summed E-state index contributed by atoms with van der Waals surface area (Å²) in [5.41, 5.74) is 3.15. The first-order valence-electron chi connectivity index (χ1n) is 6.89. The van der Waals surface area contributed by atoms with Crippen LogP contribution in [-0.4, -0.2) is 31.2 Å². The maximum absolute atomic E-state index is 12.0. The summed E-state index contributed by atoms with van der Waals surface area (Å²) < 4.78 is 1.61. The molecule has 6 nitrogen and oxygen atoms in total. The first kappa shape index (κ1) is 13.5. The van der Waals surface area contributed by atoms with Crippen LogP contribution in [0.2, 0.25) is 0 Å². The van der Waals surface area contributed by atoms with Crippen LogP contribution in [0.1, 0.15) is 12.8 Å². The van der Waals surface area contributed by atoms with Crippen molar-refractivity contribution in [2.45, 2.75) is 19.4 Å². The Hall–Kier alpha value is -2.47. The molecule has 3 heterocycles. The molecule has 3 aromatic rings. The molecule has 0 aromatic carbocycles. The normalized spacial score (nSPS) is 11.1. The number of pyridine rings is 2. The highest BCUT2D eigenvalue weighted by atomic mass is 16.2. The minimum Gasteiger partial charge on any atom is -0.396 e. The van der Waals surface area contributed by atoms with E-state index in [1.807, 2.05) is 18.2 Å². The minimum atomic E-state index is -0.165. The summed E-state index contributed by atoms with van der Waals surface area (Å²) in [6, 6.07) is 5.72. The summed E-state index contributed by atoms with van der Waals surface area (Å²) in [5.74, 6) is 0. The van der Waals surface area contributed by atoms with Crippen LogP contribution >= 0.6 is 0 Å². The molecule has 0 aliphatic heterocycles. The Bertz CT molecular complexity index is 792. The molecule has 0 amide bonds. The first-order valence-corrected chi connectivity index (χ1v) is 6.89. The topological polar surface area (TPSA) is 83.8 Å². The number of unbranched alkanes of at least 4 members (excludes halogenated alkanes) is 1. The van der Waals surface area contributed by atoms with Crippen LogP contribution in [0.15, 0.2) is 41.6 Å². The second kappa shape index (κ2) is 5.88. The SMILES string of the molecule is O=c1[nH]c2cc(-c3ccncc3)cnc2n1CCCCO. The average Bonchev–Trinajstić information content (AvgIpc) is 2.83. The summed E-state index contributed by atoms with van der Waals surface area (Å²) in [6.45, 7) is 0.692. The lowest BCUT2D eigenvalue weighted by Gasteiger charge is -2.03.